The fourth-order valence-corrected chi connectivity index (χ4v) is 2.53. The summed E-state index contributed by atoms with van der Waals surface area (Å²) in [4.78, 5) is 22.4. The number of sulfonamides is 1. The molecule has 1 aromatic heterocycles. The summed E-state index contributed by atoms with van der Waals surface area (Å²) in [7, 11) is -3.75. The first-order valence-electron chi connectivity index (χ1n) is 6.40. The zero-order chi connectivity index (χ0) is 16.6. The van der Waals surface area contributed by atoms with Crippen molar-refractivity contribution in [2.45, 2.75) is 4.90 Å². The van der Waals surface area contributed by atoms with Crippen molar-refractivity contribution in [2.24, 2.45) is 5.14 Å². The number of nitrogens with two attached hydrogens (primary N) is 1. The third kappa shape index (κ3) is 3.15. The van der Waals surface area contributed by atoms with Gasteiger partial charge in [-0.05, 0) is 36.4 Å². The SMILES string of the molecule is NS(=O)(=O)c1ccc(-c2ccc(/C=C3\NC(=O)NC3=O)o2)cc1. The molecule has 1 aromatic carbocycles. The van der Waals surface area contributed by atoms with E-state index >= 15 is 0 Å². The van der Waals surface area contributed by atoms with Crippen molar-refractivity contribution in [3.63, 3.8) is 0 Å². The molecule has 0 unspecified atom stereocenters. The summed E-state index contributed by atoms with van der Waals surface area (Å²) < 4.78 is 28.0. The number of furan rings is 1. The molecule has 1 saturated heterocycles. The summed E-state index contributed by atoms with van der Waals surface area (Å²) in [6.45, 7) is 0. The Hall–Kier alpha value is -2.91. The molecule has 3 rings (SSSR count). The number of rotatable bonds is 3. The van der Waals surface area contributed by atoms with Gasteiger partial charge in [-0.2, -0.15) is 0 Å². The Kier molecular flexibility index (Phi) is 3.51. The predicted molar refractivity (Wildman–Crippen MR) is 80.2 cm³/mol. The van der Waals surface area contributed by atoms with Crippen LogP contribution in [0.15, 0.2) is 51.4 Å². The van der Waals surface area contributed by atoms with E-state index in [1.807, 2.05) is 0 Å². The van der Waals surface area contributed by atoms with Crippen LogP contribution in [0, 0.1) is 0 Å². The van der Waals surface area contributed by atoms with Crippen LogP contribution in [-0.4, -0.2) is 20.4 Å². The first-order chi connectivity index (χ1) is 10.8. The van der Waals surface area contributed by atoms with E-state index in [-0.39, 0.29) is 10.6 Å². The van der Waals surface area contributed by atoms with Gasteiger partial charge in [0.05, 0.1) is 4.90 Å². The van der Waals surface area contributed by atoms with Gasteiger partial charge in [-0.25, -0.2) is 18.4 Å². The maximum atomic E-state index is 11.4. The summed E-state index contributed by atoms with van der Waals surface area (Å²) in [6.07, 6.45) is 1.39. The molecule has 0 bridgehead atoms. The monoisotopic (exact) mass is 333 g/mol. The van der Waals surface area contributed by atoms with Crippen molar-refractivity contribution in [1.29, 1.82) is 0 Å². The van der Waals surface area contributed by atoms with Crippen LogP contribution in [0.4, 0.5) is 4.79 Å². The number of amides is 3. The largest absolute Gasteiger partial charge is 0.457 e. The lowest BCUT2D eigenvalue weighted by Gasteiger charge is -2.00. The zero-order valence-electron chi connectivity index (χ0n) is 11.6. The summed E-state index contributed by atoms with van der Waals surface area (Å²) in [6, 6.07) is 8.54. The van der Waals surface area contributed by atoms with Gasteiger partial charge in [-0.15, -0.1) is 0 Å². The van der Waals surface area contributed by atoms with Crippen molar-refractivity contribution < 1.29 is 22.4 Å². The van der Waals surface area contributed by atoms with Crippen LogP contribution in [0.1, 0.15) is 5.76 Å². The molecule has 3 amide bonds. The molecule has 0 saturated carbocycles. The number of carbonyl (C=O) groups is 2. The molecule has 0 spiro atoms. The van der Waals surface area contributed by atoms with Crippen molar-refractivity contribution in [2.75, 3.05) is 0 Å². The lowest BCUT2D eigenvalue weighted by atomic mass is 10.2. The van der Waals surface area contributed by atoms with Crippen LogP contribution >= 0.6 is 0 Å². The van der Waals surface area contributed by atoms with Gasteiger partial charge < -0.3 is 9.73 Å². The molecule has 4 N–H and O–H groups in total. The second-order valence-electron chi connectivity index (χ2n) is 4.74. The number of carbonyl (C=O) groups excluding carboxylic acids is 2. The van der Waals surface area contributed by atoms with Gasteiger partial charge >= 0.3 is 6.03 Å². The van der Waals surface area contributed by atoms with E-state index < -0.39 is 22.0 Å². The topological polar surface area (TPSA) is 132 Å². The highest BCUT2D eigenvalue weighted by molar-refractivity contribution is 7.89. The maximum Gasteiger partial charge on any atom is 0.326 e. The number of hydrogen-bond donors (Lipinski definition) is 3. The Morgan fingerprint density at radius 3 is 2.26 bits per heavy atom. The van der Waals surface area contributed by atoms with E-state index in [0.29, 0.717) is 17.1 Å². The standard InChI is InChI=1S/C14H11N3O5S/c15-23(20,21)10-4-1-8(2-5-10)12-6-3-9(22-12)7-11-13(18)17-14(19)16-11/h1-7H,(H2,15,20,21)(H2,16,17,18,19)/b11-7-. The maximum absolute atomic E-state index is 11.4. The van der Waals surface area contributed by atoms with E-state index in [1.165, 1.54) is 18.2 Å². The van der Waals surface area contributed by atoms with Crippen LogP contribution < -0.4 is 15.8 Å². The molecule has 0 aliphatic carbocycles. The molecule has 23 heavy (non-hydrogen) atoms. The molecule has 1 fully saturated rings. The Morgan fingerprint density at radius 1 is 1.00 bits per heavy atom. The van der Waals surface area contributed by atoms with E-state index in [4.69, 9.17) is 9.56 Å². The van der Waals surface area contributed by atoms with Crippen LogP contribution in [-0.2, 0) is 14.8 Å². The van der Waals surface area contributed by atoms with Gasteiger partial charge in [0.15, 0.2) is 0 Å². The smallest absolute Gasteiger partial charge is 0.326 e. The average Bonchev–Trinajstić information content (AvgIpc) is 3.06. The fourth-order valence-electron chi connectivity index (χ4n) is 2.02. The number of hydrogen-bond acceptors (Lipinski definition) is 5. The second kappa shape index (κ2) is 5.38. The van der Waals surface area contributed by atoms with Crippen LogP contribution in [0.2, 0.25) is 0 Å². The van der Waals surface area contributed by atoms with Crippen LogP contribution in [0.5, 0.6) is 0 Å². The molecular weight excluding hydrogens is 322 g/mol. The number of primary sulfonamides is 1. The molecule has 1 aliphatic heterocycles. The predicted octanol–water partition coefficient (Wildman–Crippen LogP) is 0.774. The number of urea groups is 1. The minimum absolute atomic E-state index is 0.000451. The third-order valence-corrected chi connectivity index (χ3v) is 4.03. The number of benzene rings is 1. The highest BCUT2D eigenvalue weighted by Crippen LogP contribution is 2.24. The highest BCUT2D eigenvalue weighted by atomic mass is 32.2. The zero-order valence-corrected chi connectivity index (χ0v) is 12.4. The Morgan fingerprint density at radius 2 is 1.70 bits per heavy atom. The van der Waals surface area contributed by atoms with Crippen LogP contribution in [0.25, 0.3) is 17.4 Å². The van der Waals surface area contributed by atoms with Gasteiger partial charge in [0.25, 0.3) is 5.91 Å². The van der Waals surface area contributed by atoms with Crippen molar-refractivity contribution >= 4 is 28.0 Å². The molecule has 8 nitrogen and oxygen atoms in total. The molecule has 0 atom stereocenters. The minimum Gasteiger partial charge on any atom is -0.457 e. The molecule has 0 radical (unpaired) electrons. The van der Waals surface area contributed by atoms with E-state index in [0.717, 1.165) is 0 Å². The summed E-state index contributed by atoms with van der Waals surface area (Å²) in [5, 5.41) is 9.46. The van der Waals surface area contributed by atoms with Crippen molar-refractivity contribution in [3.05, 3.63) is 47.9 Å². The quantitative estimate of drug-likeness (QED) is 0.564. The van der Waals surface area contributed by atoms with Gasteiger partial charge in [0.2, 0.25) is 10.0 Å². The van der Waals surface area contributed by atoms with Gasteiger partial charge in [0, 0.05) is 11.6 Å². The Labute approximate surface area is 131 Å². The number of nitrogens with one attached hydrogen (secondary N) is 2. The van der Waals surface area contributed by atoms with Crippen LogP contribution in [0.3, 0.4) is 0 Å². The second-order valence-corrected chi connectivity index (χ2v) is 6.30. The first-order valence-corrected chi connectivity index (χ1v) is 7.95. The molecule has 2 heterocycles. The van der Waals surface area contributed by atoms with Crippen molar-refractivity contribution in [1.82, 2.24) is 10.6 Å². The molecular formula is C14H11N3O5S. The lowest BCUT2D eigenvalue weighted by molar-refractivity contribution is -0.115. The van der Waals surface area contributed by atoms with E-state index in [1.54, 1.807) is 24.3 Å². The molecule has 2 aromatic rings. The molecule has 9 heteroatoms. The third-order valence-electron chi connectivity index (χ3n) is 3.10. The van der Waals surface area contributed by atoms with E-state index in [9.17, 15) is 18.0 Å². The van der Waals surface area contributed by atoms with Crippen molar-refractivity contribution in [3.8, 4) is 11.3 Å². The molecule has 118 valence electrons. The fraction of sp³-hybridized carbons (Fsp3) is 0. The first kappa shape index (κ1) is 15.0. The summed E-state index contributed by atoms with van der Waals surface area (Å²) >= 11 is 0. The molecule has 1 aliphatic rings. The number of imide groups is 1. The highest BCUT2D eigenvalue weighted by Gasteiger charge is 2.23. The van der Waals surface area contributed by atoms with E-state index in [2.05, 4.69) is 10.6 Å². The summed E-state index contributed by atoms with van der Waals surface area (Å²) in [5.41, 5.74) is 0.724. The minimum atomic E-state index is -3.75. The Bertz CT molecular complexity index is 926. The van der Waals surface area contributed by atoms with Gasteiger partial charge in [0.1, 0.15) is 17.2 Å². The lowest BCUT2D eigenvalue weighted by Crippen LogP contribution is -2.22. The summed E-state index contributed by atoms with van der Waals surface area (Å²) in [5.74, 6) is 0.302. The van der Waals surface area contributed by atoms with Gasteiger partial charge in [-0.3, -0.25) is 10.1 Å². The van der Waals surface area contributed by atoms with Gasteiger partial charge in [-0.1, -0.05) is 0 Å². The normalized spacial score (nSPS) is 16.5. The Balaban J connectivity index is 1.86. The average molecular weight is 333 g/mol.